The van der Waals surface area contributed by atoms with Crippen molar-refractivity contribution in [3.8, 4) is 0 Å². The number of fused-ring (bicyclic) bond motifs is 1. The fourth-order valence-corrected chi connectivity index (χ4v) is 2.74. The van der Waals surface area contributed by atoms with Gasteiger partial charge >= 0.3 is 0 Å². The first-order chi connectivity index (χ1) is 9.33. The third-order valence-corrected chi connectivity index (χ3v) is 3.92. The van der Waals surface area contributed by atoms with Gasteiger partial charge in [-0.3, -0.25) is 0 Å². The van der Waals surface area contributed by atoms with Gasteiger partial charge in [-0.25, -0.2) is 9.97 Å². The van der Waals surface area contributed by atoms with Crippen LogP contribution in [-0.4, -0.2) is 27.7 Å². The van der Waals surface area contributed by atoms with Crippen molar-refractivity contribution in [2.45, 2.75) is 31.8 Å². The molecular weight excluding hydrogens is 238 g/mol. The summed E-state index contributed by atoms with van der Waals surface area (Å²) in [5, 5.41) is 14.0. The molecule has 1 fully saturated rings. The second-order valence-corrected chi connectivity index (χ2v) is 5.29. The van der Waals surface area contributed by atoms with E-state index in [1.165, 1.54) is 0 Å². The molecule has 100 valence electrons. The molecule has 1 heterocycles. The highest BCUT2D eigenvalue weighted by Gasteiger charge is 2.19. The second kappa shape index (κ2) is 5.53. The zero-order valence-corrected chi connectivity index (χ0v) is 10.9. The smallest absolute Gasteiger partial charge is 0.137 e. The molecule has 4 heteroatoms. The Labute approximate surface area is 112 Å². The van der Waals surface area contributed by atoms with Crippen LogP contribution in [0.2, 0.25) is 0 Å². The van der Waals surface area contributed by atoms with Crippen LogP contribution in [-0.2, 0) is 0 Å². The summed E-state index contributed by atoms with van der Waals surface area (Å²) in [6.07, 6.45) is 5.56. The fourth-order valence-electron chi connectivity index (χ4n) is 2.74. The summed E-state index contributed by atoms with van der Waals surface area (Å²) in [7, 11) is 0. The minimum absolute atomic E-state index is 0.0869. The lowest BCUT2D eigenvalue weighted by molar-refractivity contribution is 0.111. The van der Waals surface area contributed by atoms with Gasteiger partial charge in [-0.15, -0.1) is 0 Å². The Morgan fingerprint density at radius 3 is 2.74 bits per heavy atom. The monoisotopic (exact) mass is 257 g/mol. The molecule has 0 spiro atoms. The number of nitrogens with one attached hydrogen (secondary N) is 1. The lowest BCUT2D eigenvalue weighted by Crippen LogP contribution is -2.23. The van der Waals surface area contributed by atoms with Crippen LogP contribution in [0.15, 0.2) is 30.6 Å². The van der Waals surface area contributed by atoms with Gasteiger partial charge in [-0.1, -0.05) is 12.1 Å². The number of aliphatic hydroxyl groups excluding tert-OH is 1. The van der Waals surface area contributed by atoms with Crippen molar-refractivity contribution in [2.75, 3.05) is 11.9 Å². The highest BCUT2D eigenvalue weighted by atomic mass is 16.3. The number of hydrogen-bond donors (Lipinski definition) is 2. The topological polar surface area (TPSA) is 58.0 Å². The van der Waals surface area contributed by atoms with Gasteiger partial charge in [0.15, 0.2) is 0 Å². The zero-order chi connectivity index (χ0) is 13.1. The minimum Gasteiger partial charge on any atom is -0.393 e. The Morgan fingerprint density at radius 2 is 1.89 bits per heavy atom. The van der Waals surface area contributed by atoms with E-state index in [2.05, 4.69) is 15.3 Å². The molecule has 3 rings (SSSR count). The summed E-state index contributed by atoms with van der Waals surface area (Å²) >= 11 is 0. The predicted molar refractivity (Wildman–Crippen MR) is 76.0 cm³/mol. The normalized spacial score (nSPS) is 23.4. The molecule has 4 nitrogen and oxygen atoms in total. The van der Waals surface area contributed by atoms with E-state index in [1.807, 2.05) is 24.3 Å². The maximum Gasteiger partial charge on any atom is 0.137 e. The van der Waals surface area contributed by atoms with Gasteiger partial charge in [0, 0.05) is 11.9 Å². The Bertz CT molecular complexity index is 545. The van der Waals surface area contributed by atoms with Gasteiger partial charge in [-0.05, 0) is 43.7 Å². The molecule has 0 amide bonds. The van der Waals surface area contributed by atoms with Gasteiger partial charge in [-0.2, -0.15) is 0 Å². The molecule has 0 saturated heterocycles. The van der Waals surface area contributed by atoms with E-state index in [0.717, 1.165) is 48.9 Å². The molecule has 1 aromatic carbocycles. The summed E-state index contributed by atoms with van der Waals surface area (Å²) in [6.45, 7) is 0.924. The summed E-state index contributed by atoms with van der Waals surface area (Å²) in [5.74, 6) is 1.55. The molecule has 19 heavy (non-hydrogen) atoms. The Morgan fingerprint density at radius 1 is 1.11 bits per heavy atom. The van der Waals surface area contributed by atoms with Crippen LogP contribution in [0.4, 0.5) is 5.82 Å². The van der Waals surface area contributed by atoms with E-state index >= 15 is 0 Å². The number of aliphatic hydroxyl groups is 1. The Balaban J connectivity index is 1.68. The summed E-state index contributed by atoms with van der Waals surface area (Å²) in [5.41, 5.74) is 0.971. The average molecular weight is 257 g/mol. The van der Waals surface area contributed by atoms with E-state index in [4.69, 9.17) is 0 Å². The molecule has 1 aromatic heterocycles. The van der Waals surface area contributed by atoms with Gasteiger partial charge in [0.2, 0.25) is 0 Å². The zero-order valence-electron chi connectivity index (χ0n) is 10.9. The molecule has 1 aliphatic rings. The number of para-hydroxylation sites is 1. The lowest BCUT2D eigenvalue weighted by Gasteiger charge is -2.25. The first-order valence-corrected chi connectivity index (χ1v) is 6.94. The molecule has 1 aliphatic carbocycles. The van der Waals surface area contributed by atoms with Crippen molar-refractivity contribution in [1.29, 1.82) is 0 Å². The maximum absolute atomic E-state index is 9.51. The Hall–Kier alpha value is -1.68. The average Bonchev–Trinajstić information content (AvgIpc) is 2.47. The van der Waals surface area contributed by atoms with Crippen molar-refractivity contribution < 1.29 is 5.11 Å². The molecule has 1 saturated carbocycles. The van der Waals surface area contributed by atoms with Crippen LogP contribution in [0, 0.1) is 5.92 Å². The fraction of sp³-hybridized carbons (Fsp3) is 0.467. The van der Waals surface area contributed by atoms with Crippen molar-refractivity contribution in [1.82, 2.24) is 9.97 Å². The quantitative estimate of drug-likeness (QED) is 0.887. The maximum atomic E-state index is 9.51. The van der Waals surface area contributed by atoms with Crippen molar-refractivity contribution >= 4 is 16.7 Å². The van der Waals surface area contributed by atoms with Crippen LogP contribution in [0.1, 0.15) is 25.7 Å². The summed E-state index contributed by atoms with van der Waals surface area (Å²) in [6, 6.07) is 8.04. The van der Waals surface area contributed by atoms with E-state index in [-0.39, 0.29) is 6.10 Å². The minimum atomic E-state index is -0.0869. The van der Waals surface area contributed by atoms with Gasteiger partial charge in [0.05, 0.1) is 11.6 Å². The second-order valence-electron chi connectivity index (χ2n) is 5.29. The SMILES string of the molecule is OC1CCC(CNc2ncnc3ccccc23)CC1. The van der Waals surface area contributed by atoms with Crippen molar-refractivity contribution in [2.24, 2.45) is 5.92 Å². The molecule has 0 atom stereocenters. The molecule has 2 N–H and O–H groups in total. The largest absolute Gasteiger partial charge is 0.393 e. The van der Waals surface area contributed by atoms with Gasteiger partial charge in [0.1, 0.15) is 12.1 Å². The van der Waals surface area contributed by atoms with Crippen LogP contribution in [0.3, 0.4) is 0 Å². The van der Waals surface area contributed by atoms with Crippen molar-refractivity contribution in [3.05, 3.63) is 30.6 Å². The number of hydrogen-bond acceptors (Lipinski definition) is 4. The molecule has 0 radical (unpaired) electrons. The lowest BCUT2D eigenvalue weighted by atomic mass is 9.87. The Kier molecular flexibility index (Phi) is 3.60. The number of aromatic nitrogens is 2. The number of rotatable bonds is 3. The molecule has 0 bridgehead atoms. The number of anilines is 1. The van der Waals surface area contributed by atoms with E-state index in [1.54, 1.807) is 6.33 Å². The summed E-state index contributed by atoms with van der Waals surface area (Å²) in [4.78, 5) is 8.60. The van der Waals surface area contributed by atoms with Crippen LogP contribution in [0.5, 0.6) is 0 Å². The van der Waals surface area contributed by atoms with Crippen molar-refractivity contribution in [3.63, 3.8) is 0 Å². The molecular formula is C15H19N3O. The first-order valence-electron chi connectivity index (χ1n) is 6.94. The summed E-state index contributed by atoms with van der Waals surface area (Å²) < 4.78 is 0. The van der Waals surface area contributed by atoms with Gasteiger partial charge in [0.25, 0.3) is 0 Å². The number of benzene rings is 1. The first kappa shape index (κ1) is 12.4. The molecule has 2 aromatic rings. The van der Waals surface area contributed by atoms with Crippen LogP contribution < -0.4 is 5.32 Å². The van der Waals surface area contributed by atoms with Gasteiger partial charge < -0.3 is 10.4 Å². The number of nitrogens with zero attached hydrogens (tertiary/aromatic N) is 2. The van der Waals surface area contributed by atoms with E-state index in [0.29, 0.717) is 5.92 Å². The highest BCUT2D eigenvalue weighted by molar-refractivity contribution is 5.88. The highest BCUT2D eigenvalue weighted by Crippen LogP contribution is 2.25. The van der Waals surface area contributed by atoms with E-state index in [9.17, 15) is 5.11 Å². The van der Waals surface area contributed by atoms with E-state index < -0.39 is 0 Å². The third-order valence-electron chi connectivity index (χ3n) is 3.92. The molecule has 0 unspecified atom stereocenters. The predicted octanol–water partition coefficient (Wildman–Crippen LogP) is 2.59. The van der Waals surface area contributed by atoms with Crippen LogP contribution in [0.25, 0.3) is 10.9 Å². The standard InChI is InChI=1S/C15H19N3O/c19-12-7-5-11(6-8-12)9-16-15-13-3-1-2-4-14(13)17-10-18-15/h1-4,10-12,19H,5-9H2,(H,16,17,18). The molecule has 0 aliphatic heterocycles. The third kappa shape index (κ3) is 2.84. The van der Waals surface area contributed by atoms with Crippen LogP contribution >= 0.6 is 0 Å².